The van der Waals surface area contributed by atoms with Crippen LogP contribution in [0.2, 0.25) is 0 Å². The highest BCUT2D eigenvalue weighted by Gasteiger charge is 2.03. The highest BCUT2D eigenvalue weighted by molar-refractivity contribution is 7.14. The van der Waals surface area contributed by atoms with E-state index in [4.69, 9.17) is 0 Å². The van der Waals surface area contributed by atoms with Crippen LogP contribution in [0.1, 0.15) is 10.5 Å². The van der Waals surface area contributed by atoms with E-state index in [1.807, 2.05) is 0 Å². The number of hydrogen-bond donors (Lipinski definition) is 1. The van der Waals surface area contributed by atoms with Gasteiger partial charge in [0.1, 0.15) is 0 Å². The molecule has 0 aromatic carbocycles. The van der Waals surface area contributed by atoms with Crippen molar-refractivity contribution in [3.05, 3.63) is 23.7 Å². The van der Waals surface area contributed by atoms with Crippen molar-refractivity contribution in [3.63, 3.8) is 0 Å². The largest absolute Gasteiger partial charge is 0.543 e. The van der Waals surface area contributed by atoms with Crippen LogP contribution in [0.3, 0.4) is 0 Å². The Bertz CT molecular complexity index is 358. The average Bonchev–Trinajstić information content (AvgIpc) is 2.52. The zero-order chi connectivity index (χ0) is 9.84. The molecule has 1 heterocycles. The third-order valence-corrected chi connectivity index (χ3v) is 1.89. The number of nitrogens with zero attached hydrogens (tertiary/aromatic N) is 1. The molecule has 1 aromatic rings. The molecule has 5 nitrogen and oxygen atoms in total. The normalized spacial score (nSPS) is 9.23. The SMILES string of the molecule is C=CC(=O)Nc1nc(C(=O)[O-])cs1. The maximum Gasteiger partial charge on any atom is 0.249 e. The first-order chi connectivity index (χ1) is 6.13. The van der Waals surface area contributed by atoms with E-state index in [1.54, 1.807) is 0 Å². The van der Waals surface area contributed by atoms with Gasteiger partial charge in [0.25, 0.3) is 0 Å². The maximum absolute atomic E-state index is 10.7. The fourth-order valence-electron chi connectivity index (χ4n) is 0.581. The van der Waals surface area contributed by atoms with Crippen LogP contribution >= 0.6 is 11.3 Å². The van der Waals surface area contributed by atoms with Gasteiger partial charge in [0.15, 0.2) is 5.13 Å². The van der Waals surface area contributed by atoms with Gasteiger partial charge in [-0.15, -0.1) is 11.3 Å². The van der Waals surface area contributed by atoms with E-state index in [0.29, 0.717) is 0 Å². The number of aromatic nitrogens is 1. The summed E-state index contributed by atoms with van der Waals surface area (Å²) in [7, 11) is 0. The minimum atomic E-state index is -1.37. The van der Waals surface area contributed by atoms with E-state index in [-0.39, 0.29) is 10.8 Å². The number of amides is 1. The van der Waals surface area contributed by atoms with Gasteiger partial charge in [-0.05, 0) is 6.08 Å². The van der Waals surface area contributed by atoms with Gasteiger partial charge in [-0.3, -0.25) is 10.1 Å². The highest BCUT2D eigenvalue weighted by Crippen LogP contribution is 2.14. The quantitative estimate of drug-likeness (QED) is 0.670. The average molecular weight is 197 g/mol. The maximum atomic E-state index is 10.7. The molecule has 0 saturated carbocycles. The molecule has 0 radical (unpaired) electrons. The van der Waals surface area contributed by atoms with Crippen molar-refractivity contribution in [3.8, 4) is 0 Å². The Morgan fingerprint density at radius 1 is 1.69 bits per heavy atom. The Balaban J connectivity index is 2.74. The lowest BCUT2D eigenvalue weighted by molar-refractivity contribution is -0.255. The van der Waals surface area contributed by atoms with Crippen molar-refractivity contribution in [1.82, 2.24) is 4.98 Å². The van der Waals surface area contributed by atoms with Crippen LogP contribution < -0.4 is 10.4 Å². The monoisotopic (exact) mass is 197 g/mol. The second kappa shape index (κ2) is 3.81. The highest BCUT2D eigenvalue weighted by atomic mass is 32.1. The van der Waals surface area contributed by atoms with E-state index < -0.39 is 11.9 Å². The number of carboxylic acids is 1. The Labute approximate surface area is 77.7 Å². The number of thiazole rings is 1. The summed E-state index contributed by atoms with van der Waals surface area (Å²) in [5, 5.41) is 14.1. The summed E-state index contributed by atoms with van der Waals surface area (Å²) in [5.41, 5.74) is -0.190. The predicted octanol–water partition coefficient (Wildman–Crippen LogP) is -0.369. The number of aromatic carboxylic acids is 1. The third-order valence-electron chi connectivity index (χ3n) is 1.13. The van der Waals surface area contributed by atoms with Gasteiger partial charge in [-0.1, -0.05) is 6.58 Å². The Kier molecular flexibility index (Phi) is 2.76. The van der Waals surface area contributed by atoms with Gasteiger partial charge < -0.3 is 9.90 Å². The molecule has 1 rings (SSSR count). The number of hydrogen-bond acceptors (Lipinski definition) is 5. The lowest BCUT2D eigenvalue weighted by Crippen LogP contribution is -2.22. The van der Waals surface area contributed by atoms with Crippen LogP contribution in [0, 0.1) is 0 Å². The molecule has 1 amide bonds. The van der Waals surface area contributed by atoms with Crippen molar-refractivity contribution >= 4 is 28.3 Å². The second-order valence-electron chi connectivity index (χ2n) is 2.02. The van der Waals surface area contributed by atoms with E-state index in [2.05, 4.69) is 16.9 Å². The number of rotatable bonds is 3. The first-order valence-electron chi connectivity index (χ1n) is 3.24. The van der Waals surface area contributed by atoms with E-state index >= 15 is 0 Å². The lowest BCUT2D eigenvalue weighted by atomic mass is 10.5. The lowest BCUT2D eigenvalue weighted by Gasteiger charge is -1.95. The molecular formula is C7H5N2O3S-. The Hall–Kier alpha value is -1.69. The first kappa shape index (κ1) is 9.40. The molecule has 0 saturated heterocycles. The van der Waals surface area contributed by atoms with Gasteiger partial charge in [0, 0.05) is 5.38 Å². The smallest absolute Gasteiger partial charge is 0.249 e. The van der Waals surface area contributed by atoms with Crippen LogP contribution in [0.4, 0.5) is 5.13 Å². The van der Waals surface area contributed by atoms with Crippen molar-refractivity contribution in [2.75, 3.05) is 5.32 Å². The summed E-state index contributed by atoms with van der Waals surface area (Å²) >= 11 is 1.01. The minimum Gasteiger partial charge on any atom is -0.543 e. The Morgan fingerprint density at radius 2 is 2.38 bits per heavy atom. The molecule has 0 bridgehead atoms. The van der Waals surface area contributed by atoms with Crippen molar-refractivity contribution in [1.29, 1.82) is 0 Å². The topological polar surface area (TPSA) is 82.1 Å². The molecule has 0 aliphatic heterocycles. The molecule has 1 N–H and O–H groups in total. The summed E-state index contributed by atoms with van der Waals surface area (Å²) < 4.78 is 0. The minimum absolute atomic E-state index is 0.190. The van der Waals surface area contributed by atoms with Crippen molar-refractivity contribution in [2.45, 2.75) is 0 Å². The number of nitrogens with one attached hydrogen (secondary N) is 1. The predicted molar refractivity (Wildman–Crippen MR) is 45.3 cm³/mol. The number of anilines is 1. The molecule has 0 unspecified atom stereocenters. The standard InChI is InChI=1S/C7H6N2O3S/c1-2-5(10)9-7-8-4(3-13-7)6(11)12/h2-3H,1H2,(H,11,12)(H,8,9,10)/p-1. The molecule has 0 aliphatic carbocycles. The van der Waals surface area contributed by atoms with Crippen LogP contribution in [0.5, 0.6) is 0 Å². The van der Waals surface area contributed by atoms with Crippen molar-refractivity contribution in [2.24, 2.45) is 0 Å². The summed E-state index contributed by atoms with van der Waals surface area (Å²) in [4.78, 5) is 24.6. The van der Waals surface area contributed by atoms with E-state index in [1.165, 1.54) is 5.38 Å². The van der Waals surface area contributed by atoms with Gasteiger partial charge in [0.05, 0.1) is 11.7 Å². The van der Waals surface area contributed by atoms with Gasteiger partial charge in [-0.25, -0.2) is 4.98 Å². The summed E-state index contributed by atoms with van der Waals surface area (Å²) in [6.45, 7) is 3.23. The van der Waals surface area contributed by atoms with E-state index in [9.17, 15) is 14.7 Å². The van der Waals surface area contributed by atoms with Gasteiger partial charge in [-0.2, -0.15) is 0 Å². The van der Waals surface area contributed by atoms with Crippen molar-refractivity contribution < 1.29 is 14.7 Å². The molecule has 6 heteroatoms. The van der Waals surface area contributed by atoms with Crippen LogP contribution in [-0.2, 0) is 4.79 Å². The third kappa shape index (κ3) is 2.38. The molecule has 0 spiro atoms. The summed E-state index contributed by atoms with van der Waals surface area (Å²) in [5.74, 6) is -1.80. The molecule has 1 aromatic heterocycles. The Morgan fingerprint density at radius 3 is 2.85 bits per heavy atom. The van der Waals surface area contributed by atoms with Crippen LogP contribution in [0.25, 0.3) is 0 Å². The van der Waals surface area contributed by atoms with Gasteiger partial charge in [0.2, 0.25) is 5.91 Å². The van der Waals surface area contributed by atoms with E-state index in [0.717, 1.165) is 17.4 Å². The number of carbonyl (C=O) groups is 2. The fraction of sp³-hybridized carbons (Fsp3) is 0. The zero-order valence-corrected chi connectivity index (χ0v) is 7.26. The first-order valence-corrected chi connectivity index (χ1v) is 4.11. The fourth-order valence-corrected chi connectivity index (χ4v) is 1.26. The van der Waals surface area contributed by atoms with Crippen LogP contribution in [-0.4, -0.2) is 16.9 Å². The molecule has 13 heavy (non-hydrogen) atoms. The van der Waals surface area contributed by atoms with Gasteiger partial charge >= 0.3 is 0 Å². The summed E-state index contributed by atoms with van der Waals surface area (Å²) in [6, 6.07) is 0. The molecule has 68 valence electrons. The summed E-state index contributed by atoms with van der Waals surface area (Å²) in [6.07, 6.45) is 1.07. The molecule has 0 fully saturated rings. The molecular weight excluding hydrogens is 192 g/mol. The second-order valence-corrected chi connectivity index (χ2v) is 2.88. The number of carboxylic acid groups (broad SMARTS) is 1. The molecule has 0 atom stereocenters. The zero-order valence-electron chi connectivity index (χ0n) is 6.44. The number of carbonyl (C=O) groups excluding carboxylic acids is 2. The molecule has 0 aliphatic rings. The van der Waals surface area contributed by atoms with Crippen LogP contribution in [0.15, 0.2) is 18.0 Å².